The zero-order valence-electron chi connectivity index (χ0n) is 4.76. The molecule has 0 spiro atoms. The lowest BCUT2D eigenvalue weighted by atomic mass is 10.5. The van der Waals surface area contributed by atoms with E-state index in [4.69, 9.17) is 4.18 Å². The highest BCUT2D eigenvalue weighted by Crippen LogP contribution is 2.18. The minimum atomic E-state index is -0.292. The summed E-state index contributed by atoms with van der Waals surface area (Å²) >= 11 is 5.42. The van der Waals surface area contributed by atoms with Crippen molar-refractivity contribution in [1.29, 1.82) is 0 Å². The molecule has 0 amide bonds. The maximum Gasteiger partial charge on any atom is 0.120 e. The summed E-state index contributed by atoms with van der Waals surface area (Å²) in [7, 11) is 0. The molecule has 3 heteroatoms. The largest absolute Gasteiger partial charge is 0.299 e. The zero-order valence-corrected chi connectivity index (χ0v) is 6.47. The van der Waals surface area contributed by atoms with Crippen LogP contribution in [0.15, 0.2) is 0 Å². The Morgan fingerprint density at radius 2 is 2.00 bits per heavy atom. The van der Waals surface area contributed by atoms with Crippen LogP contribution in [-0.4, -0.2) is 11.2 Å². The minimum absolute atomic E-state index is 0.292. The fourth-order valence-electron chi connectivity index (χ4n) is 0.204. The summed E-state index contributed by atoms with van der Waals surface area (Å²) in [6.45, 7) is 3.79. The second kappa shape index (κ2) is 2.84. The van der Waals surface area contributed by atoms with Crippen LogP contribution >= 0.6 is 24.7 Å². The van der Waals surface area contributed by atoms with Crippen LogP contribution < -0.4 is 0 Å². The molecule has 0 aliphatic carbocycles. The molecule has 0 saturated heterocycles. The van der Waals surface area contributed by atoms with Crippen LogP contribution in [0, 0.1) is 0 Å². The Hall–Kier alpha value is 0.660. The highest BCUT2D eigenvalue weighted by Gasteiger charge is 2.09. The van der Waals surface area contributed by atoms with Gasteiger partial charge in [0.05, 0.1) is 0 Å². The van der Waals surface area contributed by atoms with Crippen molar-refractivity contribution >= 4 is 24.7 Å². The third-order valence-corrected chi connectivity index (χ3v) is 1.09. The highest BCUT2D eigenvalue weighted by molar-refractivity contribution is 7.94. The molecule has 0 N–H and O–H groups in total. The van der Waals surface area contributed by atoms with E-state index in [1.807, 2.05) is 20.1 Å². The normalized spacial score (nSPS) is 12.0. The summed E-state index contributed by atoms with van der Waals surface area (Å²) in [6, 6.07) is 0. The summed E-state index contributed by atoms with van der Waals surface area (Å²) < 4.78 is 5.01. The van der Waals surface area contributed by atoms with Crippen LogP contribution in [0.4, 0.5) is 0 Å². The fourth-order valence-corrected chi connectivity index (χ4v) is 0.835. The summed E-state index contributed by atoms with van der Waals surface area (Å²) in [6.07, 6.45) is 1.87. The zero-order chi connectivity index (χ0) is 5.91. The smallest absolute Gasteiger partial charge is 0.120 e. The summed E-state index contributed by atoms with van der Waals surface area (Å²) in [5.41, 5.74) is 0. The average Bonchev–Trinajstić information content (AvgIpc) is 1.30. The molecule has 0 aliphatic rings. The van der Waals surface area contributed by atoms with Crippen LogP contribution in [-0.2, 0) is 4.18 Å². The van der Waals surface area contributed by atoms with Crippen LogP contribution in [0.25, 0.3) is 0 Å². The van der Waals surface area contributed by atoms with Gasteiger partial charge in [-0.2, -0.15) is 0 Å². The van der Waals surface area contributed by atoms with E-state index < -0.39 is 0 Å². The Labute approximate surface area is 54.4 Å². The second-order valence-electron chi connectivity index (χ2n) is 1.70. The molecule has 0 fully saturated rings. The van der Waals surface area contributed by atoms with E-state index >= 15 is 0 Å². The van der Waals surface area contributed by atoms with Gasteiger partial charge in [0.2, 0.25) is 0 Å². The molecule has 0 radical (unpaired) electrons. The lowest BCUT2D eigenvalue weighted by molar-refractivity contribution is 0.254. The fraction of sp³-hybridized carbons (Fsp3) is 1.00. The summed E-state index contributed by atoms with van der Waals surface area (Å²) in [4.78, 5) is -0.292. The first-order chi connectivity index (χ1) is 3.06. The first-order valence-corrected chi connectivity index (χ1v) is 3.60. The van der Waals surface area contributed by atoms with Crippen molar-refractivity contribution in [1.82, 2.24) is 0 Å². The molecule has 0 heterocycles. The van der Waals surface area contributed by atoms with Gasteiger partial charge < -0.3 is 0 Å². The third-order valence-electron chi connectivity index (χ3n) is 0.287. The van der Waals surface area contributed by atoms with Crippen molar-refractivity contribution in [2.45, 2.75) is 18.8 Å². The topological polar surface area (TPSA) is 9.23 Å². The van der Waals surface area contributed by atoms with Crippen molar-refractivity contribution in [2.24, 2.45) is 0 Å². The van der Waals surface area contributed by atoms with E-state index in [0.717, 1.165) is 0 Å². The molecule has 44 valence electrons. The molecule has 0 rings (SSSR count). The molecule has 1 nitrogen and oxygen atoms in total. The van der Waals surface area contributed by atoms with Gasteiger partial charge in [0.25, 0.3) is 0 Å². The first kappa shape index (κ1) is 7.66. The van der Waals surface area contributed by atoms with E-state index in [0.29, 0.717) is 0 Å². The molecule has 0 aliphatic heterocycles. The minimum Gasteiger partial charge on any atom is -0.299 e. The van der Waals surface area contributed by atoms with E-state index in [2.05, 4.69) is 12.6 Å². The molecule has 0 atom stereocenters. The van der Waals surface area contributed by atoms with Crippen molar-refractivity contribution in [2.75, 3.05) is 6.26 Å². The van der Waals surface area contributed by atoms with Gasteiger partial charge in [-0.15, -0.1) is 12.6 Å². The van der Waals surface area contributed by atoms with Crippen LogP contribution in [0.3, 0.4) is 0 Å². The van der Waals surface area contributed by atoms with Gasteiger partial charge in [0, 0.05) is 6.26 Å². The lowest BCUT2D eigenvalue weighted by Crippen LogP contribution is -2.09. The number of thiol groups is 1. The van der Waals surface area contributed by atoms with Gasteiger partial charge in [0.1, 0.15) is 4.93 Å². The molecule has 0 aromatic rings. The molecule has 0 aromatic carbocycles. The number of hydrogen-bond donors (Lipinski definition) is 1. The van der Waals surface area contributed by atoms with Gasteiger partial charge in [-0.3, -0.25) is 4.18 Å². The molecule has 0 bridgehead atoms. The van der Waals surface area contributed by atoms with Crippen molar-refractivity contribution in [3.63, 3.8) is 0 Å². The monoisotopic (exact) mass is 138 g/mol. The van der Waals surface area contributed by atoms with Gasteiger partial charge in [-0.25, -0.2) is 0 Å². The quantitative estimate of drug-likeness (QED) is 0.355. The predicted octanol–water partition coefficient (Wildman–Crippen LogP) is 1.95. The van der Waals surface area contributed by atoms with E-state index in [1.165, 1.54) is 12.0 Å². The van der Waals surface area contributed by atoms with E-state index in [9.17, 15) is 0 Å². The van der Waals surface area contributed by atoms with Gasteiger partial charge in [-0.1, -0.05) is 0 Å². The van der Waals surface area contributed by atoms with Crippen molar-refractivity contribution < 1.29 is 4.18 Å². The standard InChI is InChI=1S/C4H10OS2/c1-4(2,6)5-7-3/h6H,1-3H3. The molecule has 0 saturated carbocycles. The maximum atomic E-state index is 5.01. The SMILES string of the molecule is CSOC(C)(C)S. The van der Waals surface area contributed by atoms with Crippen LogP contribution in [0.5, 0.6) is 0 Å². The van der Waals surface area contributed by atoms with E-state index in [-0.39, 0.29) is 4.93 Å². The highest BCUT2D eigenvalue weighted by atomic mass is 32.2. The van der Waals surface area contributed by atoms with Crippen LogP contribution in [0.1, 0.15) is 13.8 Å². The Morgan fingerprint density at radius 3 is 2.00 bits per heavy atom. The first-order valence-electron chi connectivity index (χ1n) is 2.00. The summed E-state index contributed by atoms with van der Waals surface area (Å²) in [5, 5.41) is 0. The van der Waals surface area contributed by atoms with E-state index in [1.54, 1.807) is 0 Å². The van der Waals surface area contributed by atoms with Crippen molar-refractivity contribution in [3.05, 3.63) is 0 Å². The summed E-state index contributed by atoms with van der Waals surface area (Å²) in [5.74, 6) is 0. The Balaban J connectivity index is 3.15. The molecular formula is C4H10OS2. The predicted molar refractivity (Wildman–Crippen MR) is 37.7 cm³/mol. The van der Waals surface area contributed by atoms with Crippen molar-refractivity contribution in [3.8, 4) is 0 Å². The average molecular weight is 138 g/mol. The number of rotatable bonds is 2. The maximum absolute atomic E-state index is 5.01. The number of hydrogen-bond acceptors (Lipinski definition) is 3. The molecule has 7 heavy (non-hydrogen) atoms. The molecule has 0 aromatic heterocycles. The van der Waals surface area contributed by atoms with Crippen LogP contribution in [0.2, 0.25) is 0 Å². The lowest BCUT2D eigenvalue weighted by Gasteiger charge is -2.14. The second-order valence-corrected chi connectivity index (χ2v) is 3.27. The van der Waals surface area contributed by atoms with Gasteiger partial charge >= 0.3 is 0 Å². The Kier molecular flexibility index (Phi) is 3.11. The Bertz CT molecular complexity index is 48.1. The Morgan fingerprint density at radius 1 is 1.57 bits per heavy atom. The molecule has 0 unspecified atom stereocenters. The van der Waals surface area contributed by atoms with Gasteiger partial charge in [0.15, 0.2) is 0 Å². The van der Waals surface area contributed by atoms with Gasteiger partial charge in [-0.05, 0) is 25.9 Å². The third kappa shape index (κ3) is 6.66. The molecular weight excluding hydrogens is 128 g/mol.